The average Bonchev–Trinajstić information content (AvgIpc) is 3.36. The standard InChI is InChI=1S/C25H25NO4S/c1-2-29-25(28)22-20-9-6-10-21(20)31-24(22)26-23(27)18-11-13-19(14-12-18)30-16-15-17-7-4-3-5-8-17/h3-5,7-8,11-14H,2,6,9-10,15-16H2,1H3,(H,26,27). The number of carbonyl (C=O) groups excluding carboxylic acids is 2. The third-order valence-corrected chi connectivity index (χ3v) is 6.45. The minimum absolute atomic E-state index is 0.249. The van der Waals surface area contributed by atoms with Gasteiger partial charge in [0.1, 0.15) is 10.8 Å². The SMILES string of the molecule is CCOC(=O)c1c(NC(=O)c2ccc(OCCc3ccccc3)cc2)sc2c1CCC2. The van der Waals surface area contributed by atoms with E-state index in [4.69, 9.17) is 9.47 Å². The van der Waals surface area contributed by atoms with Gasteiger partial charge in [-0.25, -0.2) is 4.79 Å². The molecule has 1 amide bonds. The van der Waals surface area contributed by atoms with Gasteiger partial charge in [-0.2, -0.15) is 0 Å². The van der Waals surface area contributed by atoms with Gasteiger partial charge < -0.3 is 14.8 Å². The van der Waals surface area contributed by atoms with Crippen molar-refractivity contribution in [3.05, 3.63) is 81.7 Å². The van der Waals surface area contributed by atoms with E-state index in [2.05, 4.69) is 17.4 Å². The molecule has 3 aromatic rings. The summed E-state index contributed by atoms with van der Waals surface area (Å²) in [6.45, 7) is 2.66. The van der Waals surface area contributed by atoms with Gasteiger partial charge in [-0.15, -0.1) is 11.3 Å². The first kappa shape index (κ1) is 21.1. The van der Waals surface area contributed by atoms with Crippen molar-refractivity contribution in [2.75, 3.05) is 18.5 Å². The number of aryl methyl sites for hydroxylation is 1. The maximum atomic E-state index is 12.8. The monoisotopic (exact) mass is 435 g/mol. The molecule has 1 N–H and O–H groups in total. The number of rotatable bonds is 8. The first-order chi connectivity index (χ1) is 15.2. The van der Waals surface area contributed by atoms with Gasteiger partial charge in [0, 0.05) is 16.9 Å². The molecule has 0 atom stereocenters. The molecule has 0 saturated carbocycles. The molecule has 5 nitrogen and oxygen atoms in total. The molecular formula is C25H25NO4S. The van der Waals surface area contributed by atoms with E-state index in [1.807, 2.05) is 18.2 Å². The Morgan fingerprint density at radius 2 is 1.81 bits per heavy atom. The lowest BCUT2D eigenvalue weighted by Gasteiger charge is -2.09. The molecule has 0 fully saturated rings. The van der Waals surface area contributed by atoms with Crippen molar-refractivity contribution < 1.29 is 19.1 Å². The molecule has 4 rings (SSSR count). The summed E-state index contributed by atoms with van der Waals surface area (Å²) in [6, 6.07) is 17.2. The maximum Gasteiger partial charge on any atom is 0.341 e. The zero-order chi connectivity index (χ0) is 21.6. The van der Waals surface area contributed by atoms with Crippen molar-refractivity contribution in [1.82, 2.24) is 0 Å². The van der Waals surface area contributed by atoms with Crippen LogP contribution in [0.4, 0.5) is 5.00 Å². The molecule has 1 aromatic heterocycles. The van der Waals surface area contributed by atoms with E-state index in [9.17, 15) is 9.59 Å². The highest BCUT2D eigenvalue weighted by Gasteiger charge is 2.28. The van der Waals surface area contributed by atoms with Crippen molar-refractivity contribution in [3.8, 4) is 5.75 Å². The fourth-order valence-corrected chi connectivity index (χ4v) is 4.99. The van der Waals surface area contributed by atoms with Gasteiger partial charge in [-0.1, -0.05) is 30.3 Å². The van der Waals surface area contributed by atoms with E-state index in [-0.39, 0.29) is 11.9 Å². The summed E-state index contributed by atoms with van der Waals surface area (Å²) in [7, 11) is 0. The Morgan fingerprint density at radius 1 is 1.03 bits per heavy atom. The van der Waals surface area contributed by atoms with Gasteiger partial charge in [0.2, 0.25) is 0 Å². The minimum Gasteiger partial charge on any atom is -0.493 e. The number of hydrogen-bond acceptors (Lipinski definition) is 5. The maximum absolute atomic E-state index is 12.8. The van der Waals surface area contributed by atoms with Crippen LogP contribution in [-0.4, -0.2) is 25.1 Å². The van der Waals surface area contributed by atoms with Crippen molar-refractivity contribution in [1.29, 1.82) is 0 Å². The molecule has 6 heteroatoms. The van der Waals surface area contributed by atoms with Crippen LogP contribution >= 0.6 is 11.3 Å². The van der Waals surface area contributed by atoms with E-state index in [1.165, 1.54) is 21.8 Å². The number of ether oxygens (including phenoxy) is 2. The number of carbonyl (C=O) groups is 2. The molecule has 2 aromatic carbocycles. The van der Waals surface area contributed by atoms with Crippen LogP contribution < -0.4 is 10.1 Å². The van der Waals surface area contributed by atoms with E-state index in [0.717, 1.165) is 37.0 Å². The van der Waals surface area contributed by atoms with Gasteiger partial charge in [-0.05, 0) is 61.6 Å². The third kappa shape index (κ3) is 4.97. The molecule has 0 spiro atoms. The molecule has 160 valence electrons. The topological polar surface area (TPSA) is 64.6 Å². The van der Waals surface area contributed by atoms with Crippen LogP contribution in [0, 0.1) is 0 Å². The summed E-state index contributed by atoms with van der Waals surface area (Å²) >= 11 is 1.48. The fraction of sp³-hybridized carbons (Fsp3) is 0.280. The first-order valence-corrected chi connectivity index (χ1v) is 11.4. The van der Waals surface area contributed by atoms with E-state index in [1.54, 1.807) is 31.2 Å². The quantitative estimate of drug-likeness (QED) is 0.489. The van der Waals surface area contributed by atoms with Crippen molar-refractivity contribution in [2.24, 2.45) is 0 Å². The lowest BCUT2D eigenvalue weighted by molar-refractivity contribution is 0.0527. The molecule has 1 aliphatic carbocycles. The molecule has 31 heavy (non-hydrogen) atoms. The first-order valence-electron chi connectivity index (χ1n) is 10.6. The molecule has 0 radical (unpaired) electrons. The second-order valence-corrected chi connectivity index (χ2v) is 8.45. The Morgan fingerprint density at radius 3 is 2.55 bits per heavy atom. The normalized spacial score (nSPS) is 12.3. The van der Waals surface area contributed by atoms with Gasteiger partial charge in [0.05, 0.1) is 18.8 Å². The summed E-state index contributed by atoms with van der Waals surface area (Å²) < 4.78 is 11.0. The molecule has 1 heterocycles. The molecule has 0 aliphatic heterocycles. The fourth-order valence-electron chi connectivity index (χ4n) is 3.72. The van der Waals surface area contributed by atoms with Gasteiger partial charge >= 0.3 is 5.97 Å². The number of benzene rings is 2. The molecule has 0 saturated heterocycles. The number of amides is 1. The number of fused-ring (bicyclic) bond motifs is 1. The van der Waals surface area contributed by atoms with Crippen LogP contribution in [0.25, 0.3) is 0 Å². The van der Waals surface area contributed by atoms with Crippen LogP contribution in [0.15, 0.2) is 54.6 Å². The van der Waals surface area contributed by atoms with Crippen LogP contribution in [0.1, 0.15) is 50.1 Å². The van der Waals surface area contributed by atoms with E-state index < -0.39 is 0 Å². The average molecular weight is 436 g/mol. The van der Waals surface area contributed by atoms with Crippen molar-refractivity contribution in [3.63, 3.8) is 0 Å². The molecular weight excluding hydrogens is 410 g/mol. The lowest BCUT2D eigenvalue weighted by atomic mass is 10.1. The summed E-state index contributed by atoms with van der Waals surface area (Å²) in [5, 5.41) is 3.50. The smallest absolute Gasteiger partial charge is 0.341 e. The van der Waals surface area contributed by atoms with Gasteiger partial charge in [-0.3, -0.25) is 4.79 Å². The number of nitrogens with one attached hydrogen (secondary N) is 1. The van der Waals surface area contributed by atoms with E-state index >= 15 is 0 Å². The second kappa shape index (κ2) is 9.79. The van der Waals surface area contributed by atoms with Crippen molar-refractivity contribution >= 4 is 28.2 Å². The Bertz CT molecular complexity index is 1060. The highest BCUT2D eigenvalue weighted by molar-refractivity contribution is 7.17. The van der Waals surface area contributed by atoms with Crippen molar-refractivity contribution in [2.45, 2.75) is 32.6 Å². The van der Waals surface area contributed by atoms with Crippen LogP contribution in [0.3, 0.4) is 0 Å². The Hall–Kier alpha value is -3.12. The van der Waals surface area contributed by atoms with Crippen LogP contribution in [-0.2, 0) is 24.0 Å². The minimum atomic E-state index is -0.362. The lowest BCUT2D eigenvalue weighted by Crippen LogP contribution is -2.15. The number of anilines is 1. The Kier molecular flexibility index (Phi) is 6.67. The largest absolute Gasteiger partial charge is 0.493 e. The molecule has 0 bridgehead atoms. The Balaban J connectivity index is 1.39. The van der Waals surface area contributed by atoms with Crippen LogP contribution in [0.5, 0.6) is 5.75 Å². The van der Waals surface area contributed by atoms with E-state index in [0.29, 0.717) is 29.3 Å². The van der Waals surface area contributed by atoms with Gasteiger partial charge in [0.15, 0.2) is 0 Å². The highest BCUT2D eigenvalue weighted by Crippen LogP contribution is 2.39. The highest BCUT2D eigenvalue weighted by atomic mass is 32.1. The van der Waals surface area contributed by atoms with Gasteiger partial charge in [0.25, 0.3) is 5.91 Å². The predicted molar refractivity (Wildman–Crippen MR) is 122 cm³/mol. The number of hydrogen-bond donors (Lipinski definition) is 1. The molecule has 1 aliphatic rings. The summed E-state index contributed by atoms with van der Waals surface area (Å²) in [6.07, 6.45) is 3.65. The zero-order valence-corrected chi connectivity index (χ0v) is 18.3. The summed E-state index contributed by atoms with van der Waals surface area (Å²) in [5.74, 6) is 0.107. The number of thiophene rings is 1. The Labute approximate surface area is 186 Å². The second-order valence-electron chi connectivity index (χ2n) is 7.34. The number of esters is 1. The predicted octanol–water partition coefficient (Wildman–Crippen LogP) is 5.29. The van der Waals surface area contributed by atoms with Crippen LogP contribution in [0.2, 0.25) is 0 Å². The third-order valence-electron chi connectivity index (χ3n) is 5.25. The molecule has 0 unspecified atom stereocenters. The zero-order valence-electron chi connectivity index (χ0n) is 17.5. The summed E-state index contributed by atoms with van der Waals surface area (Å²) in [5.41, 5.74) is 3.28. The summed E-state index contributed by atoms with van der Waals surface area (Å²) in [4.78, 5) is 26.4.